The smallest absolute Gasteiger partial charge is 0.419 e. The summed E-state index contributed by atoms with van der Waals surface area (Å²) in [6.45, 7) is 1.93. The highest BCUT2D eigenvalue weighted by Crippen LogP contribution is 2.39. The number of amides is 4. The summed E-state index contributed by atoms with van der Waals surface area (Å²) in [5.74, 6) is -2.83. The van der Waals surface area contributed by atoms with Crippen LogP contribution < -0.4 is 29.1 Å². The van der Waals surface area contributed by atoms with E-state index in [9.17, 15) is 45.2 Å². The number of methoxy groups -OCH3 is 2. The van der Waals surface area contributed by atoms with Crippen LogP contribution in [0, 0.1) is 5.82 Å². The minimum Gasteiger partial charge on any atom is -0.481 e. The van der Waals surface area contributed by atoms with Crippen LogP contribution in [0.4, 0.5) is 34.0 Å². The molecule has 0 bridgehead atoms. The molecule has 5 rings (SSSR count). The summed E-state index contributed by atoms with van der Waals surface area (Å²) in [6.07, 6.45) is 1.26. The second kappa shape index (κ2) is 18.8. The molecule has 56 heavy (non-hydrogen) atoms. The molecule has 16 nitrogen and oxygen atoms in total. The Kier molecular flexibility index (Phi) is 14.5. The molecule has 4 amide bonds. The zero-order valence-electron chi connectivity index (χ0n) is 30.0. The average molecular weight is 831 g/mol. The van der Waals surface area contributed by atoms with E-state index in [-0.39, 0.29) is 28.2 Å². The maximum atomic E-state index is 14.5. The number of anilines is 2. The van der Waals surface area contributed by atoms with E-state index in [1.165, 1.54) is 31.1 Å². The van der Waals surface area contributed by atoms with Gasteiger partial charge in [-0.3, -0.25) is 14.9 Å². The summed E-state index contributed by atoms with van der Waals surface area (Å²) in [6, 6.07) is 3.45. The van der Waals surface area contributed by atoms with Gasteiger partial charge in [-0.05, 0) is 50.3 Å². The van der Waals surface area contributed by atoms with Gasteiger partial charge in [0, 0.05) is 23.4 Å². The monoisotopic (exact) mass is 830 g/mol. The maximum absolute atomic E-state index is 14.5. The summed E-state index contributed by atoms with van der Waals surface area (Å²) in [7, 11) is -2.39. The number of imide groups is 1. The number of esters is 1. The zero-order valence-corrected chi connectivity index (χ0v) is 31.6. The van der Waals surface area contributed by atoms with Gasteiger partial charge in [0.2, 0.25) is 17.7 Å². The molecule has 0 radical (unpaired) electrons. The van der Waals surface area contributed by atoms with Crippen molar-refractivity contribution in [3.63, 3.8) is 0 Å². The topological polar surface area (TPSA) is 205 Å². The molecule has 302 valence electrons. The summed E-state index contributed by atoms with van der Waals surface area (Å²) in [4.78, 5) is 60.5. The van der Waals surface area contributed by atoms with Crippen LogP contribution in [0.25, 0.3) is 0 Å². The Balaban J connectivity index is 0.000000249. The first kappa shape index (κ1) is 43.2. The Morgan fingerprint density at radius 3 is 2.18 bits per heavy atom. The van der Waals surface area contributed by atoms with Crippen molar-refractivity contribution in [3.05, 3.63) is 64.1 Å². The van der Waals surface area contributed by atoms with Crippen molar-refractivity contribution in [2.45, 2.75) is 63.1 Å². The van der Waals surface area contributed by atoms with Crippen LogP contribution in [-0.4, -0.2) is 74.6 Å². The number of urea groups is 1. The van der Waals surface area contributed by atoms with Crippen molar-refractivity contribution in [3.8, 4) is 17.5 Å². The average Bonchev–Trinajstić information content (AvgIpc) is 3.41. The molecule has 0 saturated heterocycles. The van der Waals surface area contributed by atoms with E-state index in [1.54, 1.807) is 0 Å². The minimum absolute atomic E-state index is 0.000883. The number of rotatable bonds is 13. The van der Waals surface area contributed by atoms with E-state index in [1.807, 2.05) is 12.2 Å². The predicted octanol–water partition coefficient (Wildman–Crippen LogP) is 5.75. The second-order valence-electron chi connectivity index (χ2n) is 11.7. The van der Waals surface area contributed by atoms with Crippen molar-refractivity contribution < 1.29 is 64.1 Å². The molecule has 1 aromatic carbocycles. The number of nitrogens with zero attached hydrogens (tertiary/aromatic N) is 4. The Labute approximate surface area is 322 Å². The van der Waals surface area contributed by atoms with Gasteiger partial charge in [0.15, 0.2) is 11.6 Å². The third-order valence-electron chi connectivity index (χ3n) is 7.87. The lowest BCUT2D eigenvalue weighted by atomic mass is 9.93. The number of carbonyl (C=O) groups excluding carboxylic acids is 4. The van der Waals surface area contributed by atoms with Gasteiger partial charge in [-0.25, -0.2) is 28.6 Å². The molecule has 1 aliphatic heterocycles. The predicted molar refractivity (Wildman–Crippen MR) is 189 cm³/mol. The van der Waals surface area contributed by atoms with Crippen LogP contribution in [0.2, 0.25) is 5.02 Å². The van der Waals surface area contributed by atoms with E-state index in [4.69, 9.17) is 30.5 Å². The molecule has 3 aromatic rings. The first-order valence-corrected chi connectivity index (χ1v) is 18.6. The van der Waals surface area contributed by atoms with Crippen LogP contribution >= 0.6 is 11.6 Å². The molecule has 0 spiro atoms. The molecule has 2 aliphatic rings. The lowest BCUT2D eigenvalue weighted by Crippen LogP contribution is -2.36. The molecular formula is C34H35ClF4N6O10S. The van der Waals surface area contributed by atoms with Gasteiger partial charge in [-0.15, -0.1) is 0 Å². The molecule has 2 N–H and O–H groups in total. The van der Waals surface area contributed by atoms with Crippen LogP contribution in [0.1, 0.15) is 57.4 Å². The van der Waals surface area contributed by atoms with E-state index in [0.717, 1.165) is 55.3 Å². The molecule has 0 atom stereocenters. The number of aromatic nitrogens is 3. The Morgan fingerprint density at radius 1 is 0.982 bits per heavy atom. The van der Waals surface area contributed by atoms with Crippen LogP contribution in [-0.2, 0) is 35.3 Å². The normalized spacial score (nSPS) is 14.0. The first-order valence-electron chi connectivity index (χ1n) is 16.7. The van der Waals surface area contributed by atoms with Gasteiger partial charge < -0.3 is 18.9 Å². The number of nitrogens with one attached hydrogen (secondary N) is 2. The van der Waals surface area contributed by atoms with Crippen LogP contribution in [0.5, 0.6) is 17.5 Å². The molecule has 22 heteroatoms. The number of carbonyl (C=O) groups is 4. The first-order chi connectivity index (χ1) is 26.5. The molecule has 0 unspecified atom stereocenters. The summed E-state index contributed by atoms with van der Waals surface area (Å²) in [5, 5.41) is 0.537. The highest BCUT2D eigenvalue weighted by atomic mass is 35.5. The van der Waals surface area contributed by atoms with Gasteiger partial charge in [0.05, 0.1) is 43.2 Å². The number of sulfonamides is 1. The quantitative estimate of drug-likeness (QED) is 0.0912. The van der Waals surface area contributed by atoms with Gasteiger partial charge in [0.1, 0.15) is 11.6 Å². The van der Waals surface area contributed by atoms with Crippen molar-refractivity contribution in [2.75, 3.05) is 37.7 Å². The van der Waals surface area contributed by atoms with Crippen LogP contribution in [0.15, 0.2) is 52.7 Å². The van der Waals surface area contributed by atoms with E-state index in [0.29, 0.717) is 36.7 Å². The number of alkyl halides is 3. The lowest BCUT2D eigenvalue weighted by Gasteiger charge is -2.18. The lowest BCUT2D eigenvalue weighted by molar-refractivity contribution is -0.146. The second-order valence-corrected chi connectivity index (χ2v) is 13.8. The van der Waals surface area contributed by atoms with Crippen molar-refractivity contribution >= 4 is 57.1 Å². The number of ether oxygens (including phenoxy) is 4. The fourth-order valence-electron chi connectivity index (χ4n) is 5.26. The third kappa shape index (κ3) is 10.8. The largest absolute Gasteiger partial charge is 0.481 e. The summed E-state index contributed by atoms with van der Waals surface area (Å²) >= 11 is 6.02. The van der Waals surface area contributed by atoms with Crippen molar-refractivity contribution in [2.24, 2.45) is 0 Å². The number of pyridine rings is 1. The molecule has 2 aromatic heterocycles. The number of halogens is 5. The molecule has 1 aliphatic carbocycles. The molecule has 0 fully saturated rings. The SMILES string of the molecule is CCCCCOC(=O)COc1cc(N2C(=O)C3=C(CCCC3)C2=O)c(F)cc1Cl.COc1cc(OC)nc(NC(=O)NS(=O)(=O)c2ncccc2C(F)(F)F)n1. The van der Waals surface area contributed by atoms with E-state index in [2.05, 4.69) is 15.0 Å². The van der Waals surface area contributed by atoms with Gasteiger partial charge in [-0.2, -0.15) is 31.6 Å². The van der Waals surface area contributed by atoms with E-state index < -0.39 is 69.0 Å². The highest BCUT2D eigenvalue weighted by molar-refractivity contribution is 7.90. The third-order valence-corrected chi connectivity index (χ3v) is 9.45. The Morgan fingerprint density at radius 2 is 1.61 bits per heavy atom. The van der Waals surface area contributed by atoms with Gasteiger partial charge in [0.25, 0.3) is 21.8 Å². The fraction of sp³-hybridized carbons (Fsp3) is 0.382. The number of hydrogen-bond acceptors (Lipinski definition) is 13. The highest BCUT2D eigenvalue weighted by Gasteiger charge is 2.41. The summed E-state index contributed by atoms with van der Waals surface area (Å²) < 4.78 is 99.2. The maximum Gasteiger partial charge on any atom is 0.419 e. The Hall–Kier alpha value is -5.57. The van der Waals surface area contributed by atoms with Crippen molar-refractivity contribution in [1.29, 1.82) is 0 Å². The summed E-state index contributed by atoms with van der Waals surface area (Å²) in [5.41, 5.74) is -0.850. The fourth-order valence-corrected chi connectivity index (χ4v) is 6.53. The number of benzene rings is 1. The van der Waals surface area contributed by atoms with E-state index >= 15 is 0 Å². The van der Waals surface area contributed by atoms with Gasteiger partial charge in [-0.1, -0.05) is 31.4 Å². The minimum atomic E-state index is -4.99. The zero-order chi connectivity index (χ0) is 41.2. The molecule has 0 saturated carbocycles. The number of hydrogen-bond donors (Lipinski definition) is 2. The van der Waals surface area contributed by atoms with Crippen molar-refractivity contribution in [1.82, 2.24) is 19.7 Å². The van der Waals surface area contributed by atoms with Gasteiger partial charge >= 0.3 is 18.2 Å². The molecule has 3 heterocycles. The molecular weight excluding hydrogens is 796 g/mol. The number of unbranched alkanes of at least 4 members (excludes halogenated alkanes) is 2. The Bertz CT molecular complexity index is 2070. The standard InChI is InChI=1S/C21H23ClFNO5.C13H12F3N5O5S/c1-2-3-6-9-28-19(25)12-29-18-11-17(16(23)10-15(18)22)24-20(26)13-7-4-5-8-14(13)21(24)27;1-25-8-6-9(26-2)19-11(18-8)20-12(22)21-27(23,24)10-7(13(14,15)16)4-3-5-17-10/h10-11H,2-9,12H2,1H3;3-6H,1-2H3,(H2,18,19,20,21,22). The van der Waals surface area contributed by atoms with Crippen LogP contribution in [0.3, 0.4) is 0 Å².